The van der Waals surface area contributed by atoms with Gasteiger partial charge in [0.25, 0.3) is 11.8 Å². The van der Waals surface area contributed by atoms with Crippen molar-refractivity contribution in [3.63, 3.8) is 0 Å². The molecule has 0 bridgehead atoms. The fraction of sp³-hybridized carbons (Fsp3) is 0.222. The van der Waals surface area contributed by atoms with Crippen molar-refractivity contribution < 1.29 is 18.9 Å². The van der Waals surface area contributed by atoms with E-state index in [4.69, 9.17) is 11.6 Å². The number of anilines is 1. The minimum atomic E-state index is -0.363. The molecule has 2 aromatic carbocycles. The van der Waals surface area contributed by atoms with Crippen LogP contribution in [0.15, 0.2) is 48.5 Å². The number of quaternary nitrogens is 1. The van der Waals surface area contributed by atoms with Crippen molar-refractivity contribution in [1.29, 1.82) is 0 Å². The van der Waals surface area contributed by atoms with E-state index in [1.165, 1.54) is 24.3 Å². The molecule has 3 N–H and O–H groups in total. The molecule has 5 nitrogen and oxygen atoms in total. The van der Waals surface area contributed by atoms with Gasteiger partial charge in [0.05, 0.1) is 7.05 Å². The van der Waals surface area contributed by atoms with Gasteiger partial charge in [-0.1, -0.05) is 23.7 Å². The monoisotopic (exact) mass is 364 g/mol. The summed E-state index contributed by atoms with van der Waals surface area (Å²) in [6.45, 7) is 0.710. The molecule has 0 aliphatic rings. The number of hydrogen-bond acceptors (Lipinski definition) is 2. The molecule has 7 heteroatoms. The maximum Gasteiger partial charge on any atom is 0.279 e. The van der Waals surface area contributed by atoms with Crippen LogP contribution in [0.25, 0.3) is 0 Å². The maximum absolute atomic E-state index is 12.8. The van der Waals surface area contributed by atoms with Crippen LogP contribution in [-0.2, 0) is 16.1 Å². The molecule has 25 heavy (non-hydrogen) atoms. The Balaban J connectivity index is 1.72. The van der Waals surface area contributed by atoms with Crippen LogP contribution in [0.1, 0.15) is 5.56 Å². The van der Waals surface area contributed by atoms with Gasteiger partial charge in [-0.2, -0.15) is 0 Å². The highest BCUT2D eigenvalue weighted by atomic mass is 35.5. The molecule has 0 spiro atoms. The Kier molecular flexibility index (Phi) is 6.91. The van der Waals surface area contributed by atoms with Crippen LogP contribution in [0.2, 0.25) is 5.02 Å². The van der Waals surface area contributed by atoms with Gasteiger partial charge in [0.15, 0.2) is 13.1 Å². The van der Waals surface area contributed by atoms with E-state index >= 15 is 0 Å². The Hall–Kier alpha value is -2.44. The van der Waals surface area contributed by atoms with Crippen molar-refractivity contribution in [2.75, 3.05) is 25.5 Å². The molecular weight excluding hydrogens is 345 g/mol. The SMILES string of the molecule is C[NH+](CC(=O)NCc1ccc(Cl)cc1)CC(=O)Nc1ccc(F)cc1. The van der Waals surface area contributed by atoms with Gasteiger partial charge in [0.2, 0.25) is 0 Å². The lowest BCUT2D eigenvalue weighted by atomic mass is 10.2. The molecule has 0 radical (unpaired) electrons. The summed E-state index contributed by atoms with van der Waals surface area (Å²) < 4.78 is 12.8. The zero-order chi connectivity index (χ0) is 18.2. The Morgan fingerprint density at radius 1 is 1.00 bits per heavy atom. The predicted octanol–water partition coefficient (Wildman–Crippen LogP) is 1.25. The minimum absolute atomic E-state index is 0.131. The molecule has 2 aromatic rings. The summed E-state index contributed by atoms with van der Waals surface area (Å²) in [7, 11) is 1.76. The number of carbonyl (C=O) groups is 2. The average Bonchev–Trinajstić information content (AvgIpc) is 2.56. The van der Waals surface area contributed by atoms with Gasteiger partial charge in [-0.3, -0.25) is 9.59 Å². The lowest BCUT2D eigenvalue weighted by Crippen LogP contribution is -3.11. The molecule has 1 unspecified atom stereocenters. The second-order valence-corrected chi connectivity index (χ2v) is 6.21. The number of halogens is 2. The molecule has 0 saturated carbocycles. The quantitative estimate of drug-likeness (QED) is 0.692. The molecule has 0 aromatic heterocycles. The summed E-state index contributed by atoms with van der Waals surface area (Å²) in [5, 5.41) is 6.11. The van der Waals surface area contributed by atoms with E-state index in [-0.39, 0.29) is 30.7 Å². The third-order valence-electron chi connectivity index (χ3n) is 3.46. The molecule has 0 heterocycles. The maximum atomic E-state index is 12.8. The molecular formula is C18H20ClFN3O2+. The second-order valence-electron chi connectivity index (χ2n) is 5.77. The third kappa shape index (κ3) is 6.91. The van der Waals surface area contributed by atoms with Crippen molar-refractivity contribution in [2.24, 2.45) is 0 Å². The number of nitrogens with one attached hydrogen (secondary N) is 3. The van der Waals surface area contributed by atoms with E-state index < -0.39 is 0 Å². The summed E-state index contributed by atoms with van der Waals surface area (Å²) in [4.78, 5) is 24.6. The Labute approximate surface area is 150 Å². The van der Waals surface area contributed by atoms with Crippen molar-refractivity contribution >= 4 is 29.1 Å². The summed E-state index contributed by atoms with van der Waals surface area (Å²) in [6, 6.07) is 12.7. The van der Waals surface area contributed by atoms with Crippen LogP contribution >= 0.6 is 11.6 Å². The van der Waals surface area contributed by atoms with E-state index in [2.05, 4.69) is 10.6 Å². The molecule has 0 aliphatic heterocycles. The van der Waals surface area contributed by atoms with Gasteiger partial charge in [-0.15, -0.1) is 0 Å². The van der Waals surface area contributed by atoms with E-state index in [1.807, 2.05) is 12.1 Å². The van der Waals surface area contributed by atoms with Crippen molar-refractivity contribution in [3.8, 4) is 0 Å². The first-order valence-electron chi connectivity index (χ1n) is 7.80. The minimum Gasteiger partial charge on any atom is -0.347 e. The van der Waals surface area contributed by atoms with Gasteiger partial charge in [-0.05, 0) is 42.0 Å². The van der Waals surface area contributed by atoms with E-state index in [0.717, 1.165) is 10.5 Å². The lowest BCUT2D eigenvalue weighted by Gasteiger charge is -2.14. The average molecular weight is 365 g/mol. The Morgan fingerprint density at radius 3 is 2.24 bits per heavy atom. The van der Waals surface area contributed by atoms with Crippen LogP contribution < -0.4 is 15.5 Å². The van der Waals surface area contributed by atoms with Crippen molar-refractivity contribution in [2.45, 2.75) is 6.54 Å². The third-order valence-corrected chi connectivity index (χ3v) is 3.71. The molecule has 0 fully saturated rings. The number of carbonyl (C=O) groups excluding carboxylic acids is 2. The number of likely N-dealkylation sites (N-methyl/N-ethyl adjacent to an activating group) is 1. The van der Waals surface area contributed by atoms with Gasteiger partial charge < -0.3 is 15.5 Å². The van der Waals surface area contributed by atoms with Crippen LogP contribution in [0.3, 0.4) is 0 Å². The zero-order valence-corrected chi connectivity index (χ0v) is 14.6. The fourth-order valence-electron chi connectivity index (χ4n) is 2.21. The lowest BCUT2D eigenvalue weighted by molar-refractivity contribution is -0.862. The predicted molar refractivity (Wildman–Crippen MR) is 94.9 cm³/mol. The molecule has 2 amide bonds. The zero-order valence-electron chi connectivity index (χ0n) is 13.8. The summed E-state index contributed by atoms with van der Waals surface area (Å²) in [5.41, 5.74) is 1.47. The largest absolute Gasteiger partial charge is 0.347 e. The highest BCUT2D eigenvalue weighted by Gasteiger charge is 2.14. The summed E-state index contributed by atoms with van der Waals surface area (Å²) >= 11 is 5.81. The molecule has 0 saturated heterocycles. The van der Waals surface area contributed by atoms with E-state index in [9.17, 15) is 14.0 Å². The second kappa shape index (κ2) is 9.15. The van der Waals surface area contributed by atoms with Crippen LogP contribution in [0.5, 0.6) is 0 Å². The first-order chi connectivity index (χ1) is 11.9. The summed E-state index contributed by atoms with van der Waals surface area (Å²) in [5.74, 6) is -0.755. The van der Waals surface area contributed by atoms with Gasteiger partial charge in [0, 0.05) is 17.3 Å². The van der Waals surface area contributed by atoms with E-state index in [0.29, 0.717) is 17.3 Å². The highest BCUT2D eigenvalue weighted by Crippen LogP contribution is 2.09. The molecule has 2 rings (SSSR count). The first-order valence-corrected chi connectivity index (χ1v) is 8.18. The van der Waals surface area contributed by atoms with Crippen molar-refractivity contribution in [1.82, 2.24) is 5.32 Å². The van der Waals surface area contributed by atoms with Crippen LogP contribution in [0, 0.1) is 5.82 Å². The summed E-state index contributed by atoms with van der Waals surface area (Å²) in [6.07, 6.45) is 0. The Bertz CT molecular complexity index is 720. The Morgan fingerprint density at radius 2 is 1.60 bits per heavy atom. The molecule has 0 aliphatic carbocycles. The highest BCUT2D eigenvalue weighted by molar-refractivity contribution is 6.30. The molecule has 132 valence electrons. The van der Waals surface area contributed by atoms with E-state index in [1.54, 1.807) is 19.2 Å². The van der Waals surface area contributed by atoms with Crippen LogP contribution in [-0.4, -0.2) is 32.0 Å². The molecule has 1 atom stereocenters. The van der Waals surface area contributed by atoms with Gasteiger partial charge >= 0.3 is 0 Å². The normalized spacial score (nSPS) is 11.6. The van der Waals surface area contributed by atoms with Crippen LogP contribution in [0.4, 0.5) is 10.1 Å². The van der Waals surface area contributed by atoms with Gasteiger partial charge in [0.1, 0.15) is 5.82 Å². The first kappa shape index (κ1) is 18.9. The number of hydrogen-bond donors (Lipinski definition) is 3. The standard InChI is InChI=1S/C18H19ClFN3O2/c1-23(12-18(25)22-16-8-6-15(20)7-9-16)11-17(24)21-10-13-2-4-14(19)5-3-13/h2-9H,10-12H2,1H3,(H,21,24)(H,22,25)/p+1. The van der Waals surface area contributed by atoms with Gasteiger partial charge in [-0.25, -0.2) is 4.39 Å². The number of rotatable bonds is 7. The fourth-order valence-corrected chi connectivity index (χ4v) is 2.34. The number of benzene rings is 2. The van der Waals surface area contributed by atoms with Crippen molar-refractivity contribution in [3.05, 3.63) is 64.9 Å². The topological polar surface area (TPSA) is 62.6 Å². The smallest absolute Gasteiger partial charge is 0.279 e. The number of amides is 2.